The molecule has 0 radical (unpaired) electrons. The third-order valence-electron chi connectivity index (χ3n) is 5.38. The van der Waals surface area contributed by atoms with Crippen molar-refractivity contribution in [1.29, 1.82) is 5.26 Å². The first-order chi connectivity index (χ1) is 13.7. The van der Waals surface area contributed by atoms with Crippen molar-refractivity contribution in [3.05, 3.63) is 63.9 Å². The van der Waals surface area contributed by atoms with Gasteiger partial charge in [-0.15, -0.1) is 0 Å². The van der Waals surface area contributed by atoms with E-state index in [1.807, 2.05) is 13.0 Å². The van der Waals surface area contributed by atoms with Crippen LogP contribution < -0.4 is 4.90 Å². The summed E-state index contributed by atoms with van der Waals surface area (Å²) in [4.78, 5) is 2.06. The van der Waals surface area contributed by atoms with Crippen molar-refractivity contribution in [2.24, 2.45) is 0 Å². The molecule has 154 valence electrons. The zero-order chi connectivity index (χ0) is 21.2. The number of rotatable bonds is 6. The Labute approximate surface area is 176 Å². The van der Waals surface area contributed by atoms with Crippen LogP contribution in [-0.2, 0) is 16.6 Å². The molecule has 2 aromatic carbocycles. The monoisotopic (exact) mass is 435 g/mol. The Morgan fingerprint density at radius 2 is 2.07 bits per heavy atom. The van der Waals surface area contributed by atoms with E-state index >= 15 is 0 Å². The topological polar surface area (TPSA) is 64.4 Å². The van der Waals surface area contributed by atoms with Crippen LogP contribution in [0.4, 0.5) is 10.1 Å². The molecule has 5 nitrogen and oxygen atoms in total. The normalized spacial score (nSPS) is 17.3. The Kier molecular flexibility index (Phi) is 6.47. The zero-order valence-electron chi connectivity index (χ0n) is 16.4. The maximum atomic E-state index is 13.8. The molecule has 1 fully saturated rings. The number of hydrogen-bond donors (Lipinski definition) is 0. The van der Waals surface area contributed by atoms with Gasteiger partial charge < -0.3 is 4.90 Å². The quantitative estimate of drug-likeness (QED) is 0.685. The summed E-state index contributed by atoms with van der Waals surface area (Å²) >= 11 is 6.25. The molecule has 0 N–H and O–H groups in total. The second kappa shape index (κ2) is 8.70. The van der Waals surface area contributed by atoms with Crippen LogP contribution in [0.2, 0.25) is 5.02 Å². The van der Waals surface area contributed by atoms with Gasteiger partial charge in [0.05, 0.1) is 16.3 Å². The van der Waals surface area contributed by atoms with Crippen molar-refractivity contribution < 1.29 is 12.8 Å². The van der Waals surface area contributed by atoms with E-state index < -0.39 is 10.0 Å². The third kappa shape index (κ3) is 4.72. The molecule has 0 saturated carbocycles. The minimum atomic E-state index is -3.28. The molecule has 0 aliphatic carbocycles. The van der Waals surface area contributed by atoms with Gasteiger partial charge in [0.1, 0.15) is 11.9 Å². The van der Waals surface area contributed by atoms with Gasteiger partial charge in [0.15, 0.2) is 0 Å². The summed E-state index contributed by atoms with van der Waals surface area (Å²) in [7, 11) is -3.28. The zero-order valence-corrected chi connectivity index (χ0v) is 18.0. The third-order valence-corrected chi connectivity index (χ3v) is 7.54. The van der Waals surface area contributed by atoms with Crippen LogP contribution in [0.3, 0.4) is 0 Å². The molecule has 1 aliphatic heterocycles. The molecule has 0 aromatic heterocycles. The molecule has 8 heteroatoms. The number of halogens is 2. The lowest BCUT2D eigenvalue weighted by Gasteiger charge is -2.32. The van der Waals surface area contributed by atoms with Crippen molar-refractivity contribution >= 4 is 27.3 Å². The maximum Gasteiger partial charge on any atom is 0.213 e. The highest BCUT2D eigenvalue weighted by atomic mass is 35.5. The van der Waals surface area contributed by atoms with E-state index in [2.05, 4.69) is 4.90 Å². The Morgan fingerprint density at radius 1 is 1.31 bits per heavy atom. The second-order valence-corrected chi connectivity index (χ2v) is 9.84. The average Bonchev–Trinajstić information content (AvgIpc) is 3.19. The first kappa shape index (κ1) is 21.6. The van der Waals surface area contributed by atoms with Gasteiger partial charge in [-0.25, -0.2) is 12.8 Å². The number of aryl methyl sites for hydroxylation is 1. The van der Waals surface area contributed by atoms with E-state index in [4.69, 9.17) is 16.9 Å². The predicted octanol–water partition coefficient (Wildman–Crippen LogP) is 4.09. The number of sulfonamides is 1. The average molecular weight is 436 g/mol. The van der Waals surface area contributed by atoms with Crippen LogP contribution >= 0.6 is 11.6 Å². The molecule has 1 aliphatic rings. The van der Waals surface area contributed by atoms with Gasteiger partial charge in [-0.1, -0.05) is 17.7 Å². The molecule has 1 saturated heterocycles. The fraction of sp³-hybridized carbons (Fsp3) is 0.381. The van der Waals surface area contributed by atoms with Gasteiger partial charge in [0, 0.05) is 31.4 Å². The van der Waals surface area contributed by atoms with E-state index in [0.29, 0.717) is 36.6 Å². The van der Waals surface area contributed by atoms with E-state index in [1.54, 1.807) is 31.2 Å². The van der Waals surface area contributed by atoms with Crippen LogP contribution in [0.25, 0.3) is 0 Å². The summed E-state index contributed by atoms with van der Waals surface area (Å²) in [6.07, 6.45) is 0.658. The Hall–Kier alpha value is -2.14. The fourth-order valence-electron chi connectivity index (χ4n) is 3.60. The molecule has 2 aromatic rings. The van der Waals surface area contributed by atoms with E-state index in [9.17, 15) is 12.8 Å². The largest absolute Gasteiger partial charge is 0.363 e. The lowest BCUT2D eigenvalue weighted by Crippen LogP contribution is -2.39. The smallest absolute Gasteiger partial charge is 0.213 e. The Balaban J connectivity index is 1.97. The first-order valence-electron chi connectivity index (χ1n) is 9.44. The standard InChI is InChI=1S/C21H23ClFN3O2S/c1-3-29(27,28)25-9-8-20(14-25)26(13-17-10-18(23)6-4-15(17)2)19-7-5-16(12-24)21(22)11-19/h4-7,10-11,20H,3,8-9,13-14H2,1-2H3/t20-/m0/s1. The lowest BCUT2D eigenvalue weighted by atomic mass is 10.1. The summed E-state index contributed by atoms with van der Waals surface area (Å²) in [6.45, 7) is 4.78. The number of nitriles is 1. The van der Waals surface area contributed by atoms with Crippen molar-refractivity contribution in [3.8, 4) is 6.07 Å². The van der Waals surface area contributed by atoms with E-state index in [0.717, 1.165) is 16.8 Å². The molecule has 0 bridgehead atoms. The highest BCUT2D eigenvalue weighted by Crippen LogP contribution is 2.30. The SMILES string of the molecule is CCS(=O)(=O)N1CC[C@H](N(Cc2cc(F)ccc2C)c2ccc(C#N)c(Cl)c2)C1. The molecular formula is C21H23ClFN3O2S. The summed E-state index contributed by atoms with van der Waals surface area (Å²) in [5, 5.41) is 9.49. The highest BCUT2D eigenvalue weighted by molar-refractivity contribution is 7.89. The Bertz CT molecular complexity index is 1050. The molecule has 1 heterocycles. The Morgan fingerprint density at radius 3 is 2.72 bits per heavy atom. The molecule has 1 atom stereocenters. The first-order valence-corrected chi connectivity index (χ1v) is 11.4. The summed E-state index contributed by atoms with van der Waals surface area (Å²) in [5.41, 5.74) is 2.92. The minimum Gasteiger partial charge on any atom is -0.363 e. The van der Waals surface area contributed by atoms with Gasteiger partial charge in [-0.05, 0) is 61.7 Å². The molecule has 29 heavy (non-hydrogen) atoms. The van der Waals surface area contributed by atoms with Gasteiger partial charge >= 0.3 is 0 Å². The van der Waals surface area contributed by atoms with Crippen molar-refractivity contribution in [2.75, 3.05) is 23.7 Å². The van der Waals surface area contributed by atoms with Crippen LogP contribution in [0, 0.1) is 24.1 Å². The van der Waals surface area contributed by atoms with E-state index in [-0.39, 0.29) is 17.6 Å². The number of hydrogen-bond acceptors (Lipinski definition) is 4. The number of nitrogens with zero attached hydrogens (tertiary/aromatic N) is 3. The van der Waals surface area contributed by atoms with Crippen molar-refractivity contribution in [1.82, 2.24) is 4.31 Å². The summed E-state index contributed by atoms with van der Waals surface area (Å²) < 4.78 is 40.0. The van der Waals surface area contributed by atoms with Gasteiger partial charge in [0.25, 0.3) is 0 Å². The second-order valence-electron chi connectivity index (χ2n) is 7.18. The van der Waals surface area contributed by atoms with Crippen LogP contribution in [0.15, 0.2) is 36.4 Å². The van der Waals surface area contributed by atoms with Crippen molar-refractivity contribution in [2.45, 2.75) is 32.9 Å². The summed E-state index contributed by atoms with van der Waals surface area (Å²) in [5.74, 6) is -0.254. The van der Waals surface area contributed by atoms with Gasteiger partial charge in [-0.3, -0.25) is 0 Å². The van der Waals surface area contributed by atoms with Crippen molar-refractivity contribution in [3.63, 3.8) is 0 Å². The van der Waals surface area contributed by atoms with Gasteiger partial charge in [-0.2, -0.15) is 9.57 Å². The number of benzene rings is 2. The summed E-state index contributed by atoms with van der Waals surface area (Å²) in [6, 6.07) is 11.8. The fourth-order valence-corrected chi connectivity index (χ4v) is 4.96. The molecule has 0 amide bonds. The van der Waals surface area contributed by atoms with Crippen LogP contribution in [-0.4, -0.2) is 37.6 Å². The van der Waals surface area contributed by atoms with Crippen LogP contribution in [0.1, 0.15) is 30.0 Å². The van der Waals surface area contributed by atoms with Gasteiger partial charge in [0.2, 0.25) is 10.0 Å². The number of anilines is 1. The predicted molar refractivity (Wildman–Crippen MR) is 113 cm³/mol. The minimum absolute atomic E-state index is 0.0609. The van der Waals surface area contributed by atoms with E-state index in [1.165, 1.54) is 16.4 Å². The molecular weight excluding hydrogens is 413 g/mol. The highest BCUT2D eigenvalue weighted by Gasteiger charge is 2.34. The molecule has 0 spiro atoms. The lowest BCUT2D eigenvalue weighted by molar-refractivity contribution is 0.469. The maximum absolute atomic E-state index is 13.8. The van der Waals surface area contributed by atoms with Crippen LogP contribution in [0.5, 0.6) is 0 Å². The molecule has 0 unspecified atom stereocenters. The molecule has 3 rings (SSSR count).